The molecule has 0 saturated heterocycles. The Morgan fingerprint density at radius 2 is 1.60 bits per heavy atom. The van der Waals surface area contributed by atoms with Crippen LogP contribution in [0.5, 0.6) is 0 Å². The molecule has 0 rings (SSSR count). The van der Waals surface area contributed by atoms with Gasteiger partial charge < -0.3 is 9.47 Å². The molecule has 2 heteroatoms. The maximum atomic E-state index is 5.50. The lowest BCUT2D eigenvalue weighted by Crippen LogP contribution is -2.10. The van der Waals surface area contributed by atoms with Gasteiger partial charge in [-0.2, -0.15) is 0 Å². The number of rotatable bonds is 11. The molecule has 2 nitrogen and oxygen atoms in total. The molecule has 0 fully saturated rings. The normalized spacial score (nSPS) is 13.0. The van der Waals surface area contributed by atoms with E-state index in [0.29, 0.717) is 0 Å². The average Bonchev–Trinajstić information content (AvgIpc) is 2.25. The Kier molecular flexibility index (Phi) is 11.9. The fourth-order valence-corrected chi connectivity index (χ4v) is 1.79. The van der Waals surface area contributed by atoms with Crippen LogP contribution in [-0.4, -0.2) is 26.4 Å². The maximum Gasteiger partial charge on any atom is 0.0494 e. The monoisotopic (exact) mass is 216 g/mol. The van der Waals surface area contributed by atoms with Crippen LogP contribution in [-0.2, 0) is 9.47 Å². The van der Waals surface area contributed by atoms with E-state index in [1.54, 1.807) is 0 Å². The molecular weight excluding hydrogens is 188 g/mol. The Morgan fingerprint density at radius 3 is 2.20 bits per heavy atom. The molecule has 15 heavy (non-hydrogen) atoms. The second-order valence-electron chi connectivity index (χ2n) is 4.01. The lowest BCUT2D eigenvalue weighted by Gasteiger charge is -2.15. The molecule has 0 radical (unpaired) electrons. The Hall–Kier alpha value is -0.0800. The zero-order chi connectivity index (χ0) is 11.4. The van der Waals surface area contributed by atoms with E-state index in [1.165, 1.54) is 32.1 Å². The zero-order valence-electron chi connectivity index (χ0n) is 10.8. The quantitative estimate of drug-likeness (QED) is 0.491. The van der Waals surface area contributed by atoms with Crippen molar-refractivity contribution >= 4 is 0 Å². The van der Waals surface area contributed by atoms with Crippen LogP contribution in [0.15, 0.2) is 0 Å². The highest BCUT2D eigenvalue weighted by Crippen LogP contribution is 2.15. The van der Waals surface area contributed by atoms with Crippen molar-refractivity contribution in [3.8, 4) is 0 Å². The summed E-state index contributed by atoms with van der Waals surface area (Å²) in [6.07, 6.45) is 6.33. The van der Waals surface area contributed by atoms with Crippen LogP contribution in [0.25, 0.3) is 0 Å². The molecule has 0 aliphatic heterocycles. The van der Waals surface area contributed by atoms with Crippen LogP contribution in [0.1, 0.15) is 52.9 Å². The molecule has 0 N–H and O–H groups in total. The summed E-state index contributed by atoms with van der Waals surface area (Å²) in [7, 11) is 0. The minimum atomic E-state index is 0.761. The van der Waals surface area contributed by atoms with E-state index >= 15 is 0 Å². The lowest BCUT2D eigenvalue weighted by atomic mass is 9.98. The van der Waals surface area contributed by atoms with Crippen LogP contribution >= 0.6 is 0 Å². The molecule has 0 aliphatic rings. The van der Waals surface area contributed by atoms with E-state index in [1.807, 2.05) is 0 Å². The van der Waals surface area contributed by atoms with E-state index in [-0.39, 0.29) is 0 Å². The van der Waals surface area contributed by atoms with Crippen LogP contribution in [0.4, 0.5) is 0 Å². The minimum Gasteiger partial charge on any atom is -0.382 e. The van der Waals surface area contributed by atoms with Crippen molar-refractivity contribution in [1.29, 1.82) is 0 Å². The first kappa shape index (κ1) is 14.9. The van der Waals surface area contributed by atoms with E-state index in [4.69, 9.17) is 9.47 Å². The largest absolute Gasteiger partial charge is 0.382 e. The van der Waals surface area contributed by atoms with Gasteiger partial charge in [0.05, 0.1) is 0 Å². The Balaban J connectivity index is 3.38. The first-order chi connectivity index (χ1) is 7.35. The van der Waals surface area contributed by atoms with Gasteiger partial charge in [0, 0.05) is 26.4 Å². The van der Waals surface area contributed by atoms with Gasteiger partial charge in [-0.3, -0.25) is 0 Å². The topological polar surface area (TPSA) is 18.5 Å². The minimum absolute atomic E-state index is 0.761. The molecule has 0 aliphatic carbocycles. The Bertz CT molecular complexity index is 115. The van der Waals surface area contributed by atoms with Crippen molar-refractivity contribution in [2.24, 2.45) is 5.92 Å². The third-order valence-electron chi connectivity index (χ3n) is 2.61. The molecule has 0 spiro atoms. The summed E-state index contributed by atoms with van der Waals surface area (Å²) in [4.78, 5) is 0. The highest BCUT2D eigenvalue weighted by atomic mass is 16.5. The molecule has 0 amide bonds. The molecule has 0 aromatic rings. The van der Waals surface area contributed by atoms with Crippen LogP contribution < -0.4 is 0 Å². The second-order valence-corrected chi connectivity index (χ2v) is 4.01. The zero-order valence-corrected chi connectivity index (χ0v) is 10.8. The summed E-state index contributed by atoms with van der Waals surface area (Å²) in [6, 6.07) is 0. The van der Waals surface area contributed by atoms with Crippen molar-refractivity contribution in [2.75, 3.05) is 26.4 Å². The van der Waals surface area contributed by atoms with Crippen molar-refractivity contribution in [3.63, 3.8) is 0 Å². The molecule has 0 aromatic heterocycles. The van der Waals surface area contributed by atoms with Crippen LogP contribution in [0.2, 0.25) is 0 Å². The van der Waals surface area contributed by atoms with E-state index in [9.17, 15) is 0 Å². The highest BCUT2D eigenvalue weighted by Gasteiger charge is 2.07. The van der Waals surface area contributed by atoms with Gasteiger partial charge in [0.25, 0.3) is 0 Å². The van der Waals surface area contributed by atoms with Gasteiger partial charge in [-0.25, -0.2) is 0 Å². The Labute approximate surface area is 95.3 Å². The fourth-order valence-electron chi connectivity index (χ4n) is 1.79. The van der Waals surface area contributed by atoms with Gasteiger partial charge in [-0.1, -0.05) is 19.8 Å². The van der Waals surface area contributed by atoms with E-state index in [0.717, 1.165) is 32.3 Å². The van der Waals surface area contributed by atoms with Gasteiger partial charge in [0.15, 0.2) is 0 Å². The molecule has 1 atom stereocenters. The predicted octanol–water partition coefficient (Wildman–Crippen LogP) is 3.65. The third-order valence-corrected chi connectivity index (χ3v) is 2.61. The van der Waals surface area contributed by atoms with Gasteiger partial charge in [0.1, 0.15) is 0 Å². The standard InChI is InChI=1S/C13H28O2/c1-4-9-13(12-15-6-3)10-7-8-11-14-5-2/h13H,4-12H2,1-3H3/t13-/m0/s1. The first-order valence-electron chi connectivity index (χ1n) is 6.50. The van der Waals surface area contributed by atoms with Crippen LogP contribution in [0, 0.1) is 5.92 Å². The number of hydrogen-bond donors (Lipinski definition) is 0. The molecular formula is C13H28O2. The van der Waals surface area contributed by atoms with E-state index < -0.39 is 0 Å². The van der Waals surface area contributed by atoms with Crippen molar-refractivity contribution < 1.29 is 9.47 Å². The molecule has 92 valence electrons. The first-order valence-corrected chi connectivity index (χ1v) is 6.50. The number of unbranched alkanes of at least 4 members (excludes halogenated alkanes) is 1. The summed E-state index contributed by atoms with van der Waals surface area (Å²) >= 11 is 0. The predicted molar refractivity (Wildman–Crippen MR) is 65.2 cm³/mol. The van der Waals surface area contributed by atoms with Crippen molar-refractivity contribution in [3.05, 3.63) is 0 Å². The summed E-state index contributed by atoms with van der Waals surface area (Å²) in [5, 5.41) is 0. The summed E-state index contributed by atoms with van der Waals surface area (Å²) in [5.41, 5.74) is 0. The molecule has 0 heterocycles. The second kappa shape index (κ2) is 12.0. The SMILES string of the molecule is CCC[C@@H](CCCCOCC)COCC. The van der Waals surface area contributed by atoms with Gasteiger partial charge in [0.2, 0.25) is 0 Å². The smallest absolute Gasteiger partial charge is 0.0494 e. The average molecular weight is 216 g/mol. The lowest BCUT2D eigenvalue weighted by molar-refractivity contribution is 0.0985. The molecule has 0 unspecified atom stereocenters. The summed E-state index contributed by atoms with van der Waals surface area (Å²) in [6.45, 7) is 9.92. The highest BCUT2D eigenvalue weighted by molar-refractivity contribution is 4.58. The van der Waals surface area contributed by atoms with Gasteiger partial charge in [-0.05, 0) is 39.0 Å². The van der Waals surface area contributed by atoms with Crippen LogP contribution in [0.3, 0.4) is 0 Å². The van der Waals surface area contributed by atoms with Gasteiger partial charge >= 0.3 is 0 Å². The van der Waals surface area contributed by atoms with E-state index in [2.05, 4.69) is 20.8 Å². The summed E-state index contributed by atoms with van der Waals surface area (Å²) in [5.74, 6) is 0.761. The van der Waals surface area contributed by atoms with Crippen molar-refractivity contribution in [2.45, 2.75) is 52.9 Å². The molecule has 0 aromatic carbocycles. The Morgan fingerprint density at radius 1 is 0.867 bits per heavy atom. The summed E-state index contributed by atoms with van der Waals surface area (Å²) < 4.78 is 10.8. The number of ether oxygens (including phenoxy) is 2. The molecule has 0 saturated carbocycles. The van der Waals surface area contributed by atoms with Crippen molar-refractivity contribution in [1.82, 2.24) is 0 Å². The molecule has 0 bridgehead atoms. The third kappa shape index (κ3) is 10.2. The van der Waals surface area contributed by atoms with Gasteiger partial charge in [-0.15, -0.1) is 0 Å². The number of hydrogen-bond acceptors (Lipinski definition) is 2. The fraction of sp³-hybridized carbons (Fsp3) is 1.00. The maximum absolute atomic E-state index is 5.50.